The first kappa shape index (κ1) is 15.5. The van der Waals surface area contributed by atoms with Gasteiger partial charge in [-0.1, -0.05) is 6.42 Å². The molecule has 120 valence electrons. The van der Waals surface area contributed by atoms with Gasteiger partial charge in [-0.15, -0.1) is 0 Å². The number of carboxylic acid groups (broad SMARTS) is 1. The number of aliphatic carboxylic acids is 1. The lowest BCUT2D eigenvalue weighted by Gasteiger charge is -2.57. The summed E-state index contributed by atoms with van der Waals surface area (Å²) >= 11 is 0. The Morgan fingerprint density at radius 1 is 1.10 bits per heavy atom. The van der Waals surface area contributed by atoms with E-state index in [1.165, 1.54) is 38.5 Å². The highest BCUT2D eigenvalue weighted by molar-refractivity contribution is 7.53. The summed E-state index contributed by atoms with van der Waals surface area (Å²) in [6.07, 6.45) is 9.56. The van der Waals surface area contributed by atoms with Crippen LogP contribution in [0.2, 0.25) is 0 Å². The quantitative estimate of drug-likeness (QED) is 0.655. The Hall–Kier alpha value is -0.380. The molecule has 6 heteroatoms. The van der Waals surface area contributed by atoms with Crippen LogP contribution >= 0.6 is 7.60 Å². The van der Waals surface area contributed by atoms with Crippen LogP contribution in [-0.4, -0.2) is 26.5 Å². The van der Waals surface area contributed by atoms with Crippen LogP contribution < -0.4 is 0 Å². The molecule has 4 fully saturated rings. The van der Waals surface area contributed by atoms with E-state index in [0.717, 1.165) is 24.2 Å². The molecule has 5 nitrogen and oxygen atoms in total. The fourth-order valence-corrected chi connectivity index (χ4v) is 6.51. The predicted octanol–water partition coefficient (Wildman–Crippen LogP) is 3.00. The lowest BCUT2D eigenvalue weighted by Crippen LogP contribution is -2.46. The van der Waals surface area contributed by atoms with Gasteiger partial charge >= 0.3 is 13.6 Å². The summed E-state index contributed by atoms with van der Waals surface area (Å²) < 4.78 is 11.2. The van der Waals surface area contributed by atoms with Gasteiger partial charge in [0.1, 0.15) is 0 Å². The van der Waals surface area contributed by atoms with Crippen LogP contribution in [0.3, 0.4) is 0 Å². The fourth-order valence-electron chi connectivity index (χ4n) is 5.70. The van der Waals surface area contributed by atoms with Crippen LogP contribution in [0, 0.1) is 23.2 Å². The van der Waals surface area contributed by atoms with Gasteiger partial charge in [0.25, 0.3) is 0 Å². The highest BCUT2D eigenvalue weighted by Gasteiger charge is 2.50. The summed E-state index contributed by atoms with van der Waals surface area (Å²) in [6.45, 7) is 0. The normalized spacial score (nSPS) is 39.4. The van der Waals surface area contributed by atoms with Crippen LogP contribution in [-0.2, 0) is 9.36 Å². The molecule has 0 heterocycles. The van der Waals surface area contributed by atoms with Crippen LogP contribution in [0.1, 0.15) is 57.8 Å². The Morgan fingerprint density at radius 2 is 1.57 bits per heavy atom. The first-order valence-corrected chi connectivity index (χ1v) is 9.74. The third-order valence-electron chi connectivity index (χ3n) is 6.04. The van der Waals surface area contributed by atoms with Crippen LogP contribution in [0.25, 0.3) is 0 Å². The molecule has 4 saturated carbocycles. The molecule has 21 heavy (non-hydrogen) atoms. The maximum Gasteiger partial charge on any atom is 0.339 e. The van der Waals surface area contributed by atoms with E-state index in [2.05, 4.69) is 0 Å². The molecule has 0 amide bonds. The zero-order chi connectivity index (χ0) is 15.3. The number of hydrogen-bond donors (Lipinski definition) is 3. The second kappa shape index (κ2) is 5.36. The van der Waals surface area contributed by atoms with Crippen molar-refractivity contribution in [2.45, 2.75) is 63.4 Å². The van der Waals surface area contributed by atoms with Gasteiger partial charge in [0.15, 0.2) is 5.66 Å². The molecule has 4 rings (SSSR count). The van der Waals surface area contributed by atoms with Gasteiger partial charge in [0.05, 0.1) is 0 Å². The van der Waals surface area contributed by atoms with Crippen LogP contribution in [0.15, 0.2) is 0 Å². The molecule has 4 bridgehead atoms. The van der Waals surface area contributed by atoms with Crippen molar-refractivity contribution in [3.8, 4) is 0 Å². The van der Waals surface area contributed by atoms with E-state index in [-0.39, 0.29) is 6.42 Å². The Labute approximate surface area is 125 Å². The van der Waals surface area contributed by atoms with Gasteiger partial charge in [-0.2, -0.15) is 0 Å². The topological polar surface area (TPSA) is 94.8 Å². The molecule has 0 spiro atoms. The van der Waals surface area contributed by atoms with Gasteiger partial charge in [-0.05, 0) is 74.5 Å². The molecule has 0 aromatic heterocycles. The van der Waals surface area contributed by atoms with Crippen molar-refractivity contribution in [3.63, 3.8) is 0 Å². The zero-order valence-corrected chi connectivity index (χ0v) is 13.2. The summed E-state index contributed by atoms with van der Waals surface area (Å²) in [5.41, 5.74) is -1.17. The Bertz CT molecular complexity index is 433. The van der Waals surface area contributed by atoms with Crippen molar-refractivity contribution in [1.82, 2.24) is 0 Å². The van der Waals surface area contributed by atoms with Crippen molar-refractivity contribution in [1.29, 1.82) is 0 Å². The Morgan fingerprint density at radius 3 is 1.95 bits per heavy atom. The fraction of sp³-hybridized carbons (Fsp3) is 0.933. The SMILES string of the molecule is O=C(O)C(CCCC12CC3CC(CC(C3)C1)C2)P(=O)(O)O. The number of carbonyl (C=O) groups is 1. The molecule has 1 unspecified atom stereocenters. The molecule has 0 aromatic carbocycles. The van der Waals surface area contributed by atoms with Gasteiger partial charge in [0.2, 0.25) is 0 Å². The largest absolute Gasteiger partial charge is 0.481 e. The van der Waals surface area contributed by atoms with E-state index in [1.807, 2.05) is 0 Å². The molecule has 0 aliphatic heterocycles. The van der Waals surface area contributed by atoms with E-state index < -0.39 is 19.2 Å². The molecule has 4 aliphatic rings. The Kier molecular flexibility index (Phi) is 3.96. The van der Waals surface area contributed by atoms with Crippen molar-refractivity contribution < 1.29 is 24.3 Å². The van der Waals surface area contributed by atoms with Crippen LogP contribution in [0.5, 0.6) is 0 Å². The molecule has 0 saturated heterocycles. The zero-order valence-electron chi connectivity index (χ0n) is 12.3. The minimum absolute atomic E-state index is 0.0986. The van der Waals surface area contributed by atoms with Crippen molar-refractivity contribution in [3.05, 3.63) is 0 Å². The third kappa shape index (κ3) is 3.20. The highest BCUT2D eigenvalue weighted by atomic mass is 31.2. The second-order valence-corrected chi connectivity index (χ2v) is 9.55. The molecule has 0 aromatic rings. The van der Waals surface area contributed by atoms with Crippen molar-refractivity contribution in [2.24, 2.45) is 23.2 Å². The molecule has 0 radical (unpaired) electrons. The minimum atomic E-state index is -4.53. The van der Waals surface area contributed by atoms with Gasteiger partial charge in [0, 0.05) is 0 Å². The molecular weight excluding hydrogens is 291 g/mol. The van der Waals surface area contributed by atoms with Crippen molar-refractivity contribution >= 4 is 13.6 Å². The van der Waals surface area contributed by atoms with Gasteiger partial charge in [-0.3, -0.25) is 9.36 Å². The third-order valence-corrected chi connectivity index (χ3v) is 7.33. The summed E-state index contributed by atoms with van der Waals surface area (Å²) in [6, 6.07) is 0. The number of carboxylic acids is 1. The molecular formula is C15H25O5P. The van der Waals surface area contributed by atoms with E-state index in [0.29, 0.717) is 11.8 Å². The first-order chi connectivity index (χ1) is 9.77. The molecule has 1 atom stereocenters. The lowest BCUT2D eigenvalue weighted by molar-refractivity contribution is -0.137. The molecule has 4 aliphatic carbocycles. The standard InChI is InChI=1S/C15H25O5P/c16-14(17)13(21(18,19)20)2-1-3-15-7-10-4-11(8-15)6-12(5-10)9-15/h10-13H,1-9H2,(H,16,17)(H2,18,19,20). The predicted molar refractivity (Wildman–Crippen MR) is 77.9 cm³/mol. The first-order valence-electron chi connectivity index (χ1n) is 8.05. The second-order valence-electron chi connectivity index (χ2n) is 7.75. The van der Waals surface area contributed by atoms with Gasteiger partial charge in [-0.25, -0.2) is 0 Å². The number of hydrogen-bond acceptors (Lipinski definition) is 2. The summed E-state index contributed by atoms with van der Waals surface area (Å²) in [7, 11) is -4.53. The number of rotatable bonds is 6. The van der Waals surface area contributed by atoms with E-state index in [4.69, 9.17) is 14.9 Å². The van der Waals surface area contributed by atoms with E-state index >= 15 is 0 Å². The lowest BCUT2D eigenvalue weighted by atomic mass is 9.48. The average Bonchev–Trinajstić information content (AvgIpc) is 2.30. The monoisotopic (exact) mass is 316 g/mol. The summed E-state index contributed by atoms with van der Waals surface area (Å²) in [5.74, 6) is 1.20. The smallest absolute Gasteiger partial charge is 0.339 e. The maximum absolute atomic E-state index is 11.2. The summed E-state index contributed by atoms with van der Waals surface area (Å²) in [4.78, 5) is 29.3. The Balaban J connectivity index is 1.58. The maximum atomic E-state index is 11.2. The van der Waals surface area contributed by atoms with E-state index in [9.17, 15) is 9.36 Å². The van der Waals surface area contributed by atoms with E-state index in [1.54, 1.807) is 0 Å². The highest BCUT2D eigenvalue weighted by Crippen LogP contribution is 2.61. The summed E-state index contributed by atoms with van der Waals surface area (Å²) in [5, 5.41) is 8.98. The minimum Gasteiger partial charge on any atom is -0.481 e. The molecule has 3 N–H and O–H groups in total. The average molecular weight is 316 g/mol. The van der Waals surface area contributed by atoms with Crippen LogP contribution in [0.4, 0.5) is 0 Å². The van der Waals surface area contributed by atoms with Crippen molar-refractivity contribution in [2.75, 3.05) is 0 Å². The van der Waals surface area contributed by atoms with Gasteiger partial charge < -0.3 is 14.9 Å².